The first kappa shape index (κ1) is 13.6. The predicted octanol–water partition coefficient (Wildman–Crippen LogP) is 2.07. The van der Waals surface area contributed by atoms with Gasteiger partial charge in [-0.15, -0.1) is 0 Å². The average molecular weight is 250 g/mol. The number of nitrogens with zero attached hydrogens (tertiary/aromatic N) is 2. The lowest BCUT2D eigenvalue weighted by molar-refractivity contribution is 0.744. The van der Waals surface area contributed by atoms with E-state index in [1.807, 2.05) is 25.1 Å². The summed E-state index contributed by atoms with van der Waals surface area (Å²) in [5, 5.41) is 7.81. The molecule has 0 amide bonds. The lowest BCUT2D eigenvalue weighted by Crippen LogP contribution is -2.33. The Balaban J connectivity index is 2.40. The molecule has 0 aliphatic heterocycles. The minimum absolute atomic E-state index is 0.550. The van der Waals surface area contributed by atoms with Crippen molar-refractivity contribution in [3.8, 4) is 0 Å². The summed E-state index contributed by atoms with van der Waals surface area (Å²) in [5.74, 6) is 0. The Hall–Kier alpha value is -1.49. The smallest absolute Gasteiger partial charge is 0.186 e. The van der Waals surface area contributed by atoms with Crippen LogP contribution >= 0.6 is 12.2 Å². The molecule has 1 aromatic rings. The van der Waals surface area contributed by atoms with E-state index in [4.69, 9.17) is 12.2 Å². The zero-order chi connectivity index (χ0) is 12.5. The van der Waals surface area contributed by atoms with Crippen LogP contribution in [0.3, 0.4) is 0 Å². The summed E-state index contributed by atoms with van der Waals surface area (Å²) < 4.78 is 0. The molecule has 0 unspecified atom stereocenters. The quantitative estimate of drug-likeness (QED) is 0.363. The monoisotopic (exact) mass is 250 g/mol. The lowest BCUT2D eigenvalue weighted by atomic mass is 10.3. The van der Waals surface area contributed by atoms with E-state index in [1.165, 1.54) is 0 Å². The Morgan fingerprint density at radius 2 is 2.29 bits per heavy atom. The SMILES string of the molecule is CCCCNC(=S)N/N=C(/C)c1ccccn1. The average Bonchev–Trinajstić information content (AvgIpc) is 2.37. The van der Waals surface area contributed by atoms with Crippen molar-refractivity contribution in [2.24, 2.45) is 5.10 Å². The highest BCUT2D eigenvalue weighted by atomic mass is 32.1. The van der Waals surface area contributed by atoms with Gasteiger partial charge in [-0.25, -0.2) is 0 Å². The molecule has 4 nitrogen and oxygen atoms in total. The predicted molar refractivity (Wildman–Crippen MR) is 75.1 cm³/mol. The van der Waals surface area contributed by atoms with Crippen LogP contribution in [0.5, 0.6) is 0 Å². The number of hydrogen-bond donors (Lipinski definition) is 2. The van der Waals surface area contributed by atoms with Crippen LogP contribution in [0.4, 0.5) is 0 Å². The molecule has 5 heteroatoms. The first-order chi connectivity index (χ1) is 8.24. The maximum atomic E-state index is 5.09. The minimum atomic E-state index is 0.550. The van der Waals surface area contributed by atoms with Crippen molar-refractivity contribution in [3.05, 3.63) is 30.1 Å². The normalized spacial score (nSPS) is 11.1. The van der Waals surface area contributed by atoms with Crippen molar-refractivity contribution in [2.45, 2.75) is 26.7 Å². The van der Waals surface area contributed by atoms with E-state index in [0.717, 1.165) is 30.8 Å². The highest BCUT2D eigenvalue weighted by Gasteiger charge is 1.97. The molecule has 1 aromatic heterocycles. The van der Waals surface area contributed by atoms with Gasteiger partial charge in [0.2, 0.25) is 0 Å². The van der Waals surface area contributed by atoms with E-state index in [9.17, 15) is 0 Å². The summed E-state index contributed by atoms with van der Waals surface area (Å²) in [4.78, 5) is 4.20. The summed E-state index contributed by atoms with van der Waals surface area (Å²) >= 11 is 5.09. The van der Waals surface area contributed by atoms with Crippen molar-refractivity contribution in [2.75, 3.05) is 6.54 Å². The third-order valence-corrected chi connectivity index (χ3v) is 2.41. The molecule has 0 aliphatic rings. The largest absolute Gasteiger partial charge is 0.361 e. The van der Waals surface area contributed by atoms with Gasteiger partial charge in [-0.05, 0) is 37.7 Å². The number of rotatable bonds is 5. The van der Waals surface area contributed by atoms with Gasteiger partial charge < -0.3 is 5.32 Å². The molecule has 0 saturated heterocycles. The molecule has 0 fully saturated rings. The minimum Gasteiger partial charge on any atom is -0.361 e. The zero-order valence-electron chi connectivity index (χ0n) is 10.2. The van der Waals surface area contributed by atoms with Crippen molar-refractivity contribution in [1.29, 1.82) is 0 Å². The third kappa shape index (κ3) is 5.40. The van der Waals surface area contributed by atoms with Crippen LogP contribution in [-0.2, 0) is 0 Å². The van der Waals surface area contributed by atoms with Crippen LogP contribution in [-0.4, -0.2) is 22.4 Å². The van der Waals surface area contributed by atoms with Gasteiger partial charge in [0.25, 0.3) is 0 Å². The van der Waals surface area contributed by atoms with Crippen LogP contribution in [0.15, 0.2) is 29.5 Å². The zero-order valence-corrected chi connectivity index (χ0v) is 11.0. The van der Waals surface area contributed by atoms with Crippen LogP contribution in [0.25, 0.3) is 0 Å². The van der Waals surface area contributed by atoms with Gasteiger partial charge in [0.05, 0.1) is 11.4 Å². The molecule has 0 aliphatic carbocycles. The van der Waals surface area contributed by atoms with Crippen LogP contribution in [0.1, 0.15) is 32.4 Å². The summed E-state index contributed by atoms with van der Waals surface area (Å²) in [6.07, 6.45) is 3.99. The molecule has 1 heterocycles. The highest BCUT2D eigenvalue weighted by Crippen LogP contribution is 1.95. The van der Waals surface area contributed by atoms with Gasteiger partial charge in [-0.1, -0.05) is 19.4 Å². The second-order valence-corrected chi connectivity index (χ2v) is 4.04. The van der Waals surface area contributed by atoms with Crippen molar-refractivity contribution in [1.82, 2.24) is 15.7 Å². The van der Waals surface area contributed by atoms with Crippen LogP contribution < -0.4 is 10.7 Å². The van der Waals surface area contributed by atoms with Crippen LogP contribution in [0, 0.1) is 0 Å². The summed E-state index contributed by atoms with van der Waals surface area (Å²) in [5.41, 5.74) is 4.46. The van der Waals surface area contributed by atoms with E-state index in [1.54, 1.807) is 6.20 Å². The second-order valence-electron chi connectivity index (χ2n) is 3.63. The van der Waals surface area contributed by atoms with E-state index < -0.39 is 0 Å². The molecule has 0 saturated carbocycles. The summed E-state index contributed by atoms with van der Waals surface area (Å²) in [6, 6.07) is 5.72. The Morgan fingerprint density at radius 3 is 2.94 bits per heavy atom. The molecule has 0 spiro atoms. The first-order valence-electron chi connectivity index (χ1n) is 5.73. The molecule has 92 valence electrons. The highest BCUT2D eigenvalue weighted by molar-refractivity contribution is 7.80. The standard InChI is InChI=1S/C12H18N4S/c1-3-4-8-14-12(17)16-15-10(2)11-7-5-6-9-13-11/h5-7,9H,3-4,8H2,1-2H3,(H2,14,16,17)/b15-10-. The number of unbranched alkanes of at least 4 members (excludes halogenated alkanes) is 1. The van der Waals surface area contributed by atoms with E-state index in [2.05, 4.69) is 27.8 Å². The van der Waals surface area contributed by atoms with Gasteiger partial charge in [-0.3, -0.25) is 10.4 Å². The van der Waals surface area contributed by atoms with E-state index >= 15 is 0 Å². The van der Waals surface area contributed by atoms with Crippen LogP contribution in [0.2, 0.25) is 0 Å². The van der Waals surface area contributed by atoms with Gasteiger partial charge in [0, 0.05) is 12.7 Å². The third-order valence-electron chi connectivity index (χ3n) is 2.18. The fraction of sp³-hybridized carbons (Fsp3) is 0.417. The number of nitrogens with one attached hydrogen (secondary N) is 2. The number of hydrogen-bond acceptors (Lipinski definition) is 3. The fourth-order valence-corrected chi connectivity index (χ4v) is 1.33. The molecule has 1 rings (SSSR count). The second kappa shape index (κ2) is 7.73. The number of aromatic nitrogens is 1. The molecule has 0 aromatic carbocycles. The van der Waals surface area contributed by atoms with Gasteiger partial charge in [0.1, 0.15) is 0 Å². The van der Waals surface area contributed by atoms with E-state index in [-0.39, 0.29) is 0 Å². The Labute approximate surface area is 108 Å². The Morgan fingerprint density at radius 1 is 1.47 bits per heavy atom. The number of hydrazone groups is 1. The summed E-state index contributed by atoms with van der Waals surface area (Å²) in [6.45, 7) is 4.91. The number of thiocarbonyl (C=S) groups is 1. The Bertz CT molecular complexity index is 375. The molecular weight excluding hydrogens is 232 g/mol. The number of pyridine rings is 1. The lowest BCUT2D eigenvalue weighted by Gasteiger charge is -2.06. The molecule has 0 radical (unpaired) electrons. The molecule has 2 N–H and O–H groups in total. The fourth-order valence-electron chi connectivity index (χ4n) is 1.19. The van der Waals surface area contributed by atoms with Crippen molar-refractivity contribution >= 4 is 23.0 Å². The van der Waals surface area contributed by atoms with Gasteiger partial charge >= 0.3 is 0 Å². The van der Waals surface area contributed by atoms with Crippen molar-refractivity contribution in [3.63, 3.8) is 0 Å². The maximum absolute atomic E-state index is 5.09. The van der Waals surface area contributed by atoms with Crippen molar-refractivity contribution < 1.29 is 0 Å². The molecule has 0 atom stereocenters. The molecular formula is C12H18N4S. The van der Waals surface area contributed by atoms with E-state index in [0.29, 0.717) is 5.11 Å². The van der Waals surface area contributed by atoms with Gasteiger partial charge in [0.15, 0.2) is 5.11 Å². The first-order valence-corrected chi connectivity index (χ1v) is 6.14. The summed E-state index contributed by atoms with van der Waals surface area (Å²) in [7, 11) is 0. The maximum Gasteiger partial charge on any atom is 0.186 e. The topological polar surface area (TPSA) is 49.3 Å². The molecule has 17 heavy (non-hydrogen) atoms. The van der Waals surface area contributed by atoms with Gasteiger partial charge in [-0.2, -0.15) is 5.10 Å². The molecule has 0 bridgehead atoms. The Kier molecular flexibility index (Phi) is 6.17.